The molecule has 1 N–H and O–H groups in total. The molecule has 0 spiro atoms. The maximum atomic E-state index is 10.1. The number of phenols is 1. The number of hydrogen-bond acceptors (Lipinski definition) is 2. The third-order valence-electron chi connectivity index (χ3n) is 6.07. The largest absolute Gasteiger partial charge is 0.508 e. The van der Waals surface area contributed by atoms with Gasteiger partial charge in [0.05, 0.1) is 0 Å². The maximum Gasteiger partial charge on any atom is 0.115 e. The minimum atomic E-state index is 0.0325. The van der Waals surface area contributed by atoms with E-state index in [1.807, 2.05) is 12.1 Å². The number of piperidine rings is 1. The van der Waals surface area contributed by atoms with Crippen LogP contribution in [0.2, 0.25) is 0 Å². The topological polar surface area (TPSA) is 23.5 Å². The zero-order valence-corrected chi connectivity index (χ0v) is 13.3. The van der Waals surface area contributed by atoms with Crippen molar-refractivity contribution < 1.29 is 5.11 Å². The number of likely N-dealkylation sites (tertiary alicyclic amines) is 1. The van der Waals surface area contributed by atoms with E-state index < -0.39 is 0 Å². The maximum absolute atomic E-state index is 10.1. The van der Waals surface area contributed by atoms with Gasteiger partial charge in [-0.05, 0) is 61.2 Å². The summed E-state index contributed by atoms with van der Waals surface area (Å²) in [6.45, 7) is 3.50. The smallest absolute Gasteiger partial charge is 0.115 e. The van der Waals surface area contributed by atoms with Crippen LogP contribution >= 0.6 is 0 Å². The summed E-state index contributed by atoms with van der Waals surface area (Å²) in [7, 11) is 2.25. The fourth-order valence-corrected chi connectivity index (χ4v) is 4.85. The molecular formula is C20H23NO. The summed E-state index contributed by atoms with van der Waals surface area (Å²) in [4.78, 5) is 2.52. The van der Waals surface area contributed by atoms with Gasteiger partial charge in [-0.2, -0.15) is 0 Å². The molecule has 114 valence electrons. The molecule has 0 aromatic heterocycles. The summed E-state index contributed by atoms with van der Waals surface area (Å²) in [5.41, 5.74) is 4.17. The van der Waals surface area contributed by atoms with Crippen LogP contribution < -0.4 is 0 Å². The van der Waals surface area contributed by atoms with E-state index in [4.69, 9.17) is 0 Å². The molecule has 2 aromatic carbocycles. The molecule has 0 amide bonds. The van der Waals surface area contributed by atoms with Gasteiger partial charge in [0.15, 0.2) is 0 Å². The molecule has 3 atom stereocenters. The van der Waals surface area contributed by atoms with Crippen molar-refractivity contribution in [3.8, 4) is 5.75 Å². The van der Waals surface area contributed by atoms with Crippen molar-refractivity contribution >= 4 is 0 Å². The van der Waals surface area contributed by atoms with Gasteiger partial charge in [0.2, 0.25) is 0 Å². The highest BCUT2D eigenvalue weighted by atomic mass is 16.3. The first kappa shape index (κ1) is 13.8. The van der Waals surface area contributed by atoms with E-state index in [-0.39, 0.29) is 5.41 Å². The van der Waals surface area contributed by atoms with Crippen LogP contribution in [0.1, 0.15) is 30.0 Å². The molecule has 2 bridgehead atoms. The molecular weight excluding hydrogens is 270 g/mol. The molecule has 1 heterocycles. The Balaban J connectivity index is 1.99. The van der Waals surface area contributed by atoms with E-state index in [9.17, 15) is 5.11 Å². The minimum Gasteiger partial charge on any atom is -0.508 e. The second-order valence-corrected chi connectivity index (χ2v) is 6.97. The number of aromatic hydroxyl groups is 1. The summed E-state index contributed by atoms with van der Waals surface area (Å²) < 4.78 is 0. The molecule has 1 fully saturated rings. The molecule has 0 radical (unpaired) electrons. The predicted molar refractivity (Wildman–Crippen MR) is 89.2 cm³/mol. The van der Waals surface area contributed by atoms with Crippen LogP contribution in [-0.2, 0) is 11.8 Å². The normalized spacial score (nSPS) is 30.8. The lowest BCUT2D eigenvalue weighted by atomic mass is 9.55. The van der Waals surface area contributed by atoms with Crippen molar-refractivity contribution in [2.75, 3.05) is 13.6 Å². The molecule has 0 unspecified atom stereocenters. The number of nitrogens with zero attached hydrogens (tertiary/aromatic N) is 1. The van der Waals surface area contributed by atoms with E-state index >= 15 is 0 Å². The molecule has 4 rings (SSSR count). The molecule has 22 heavy (non-hydrogen) atoms. The number of rotatable bonds is 1. The van der Waals surface area contributed by atoms with Gasteiger partial charge in [0, 0.05) is 11.5 Å². The lowest BCUT2D eigenvalue weighted by Crippen LogP contribution is -2.58. The Morgan fingerprint density at radius 1 is 1.14 bits per heavy atom. The third-order valence-corrected chi connectivity index (χ3v) is 6.07. The summed E-state index contributed by atoms with van der Waals surface area (Å²) in [6.07, 6.45) is 2.20. The number of likely N-dealkylation sites (N-methyl/N-ethyl adjacent to an activating group) is 1. The van der Waals surface area contributed by atoms with E-state index in [1.54, 1.807) is 0 Å². The standard InChI is InChI=1S/C20H23NO/c1-14-19-12-15-8-9-17(22)13-18(15)20(14,10-11-21(19)2)16-6-4-3-5-7-16/h3-9,13-14,19,22H,10-12H2,1-2H3/t14-,19-,20-/m0/s1. The van der Waals surface area contributed by atoms with E-state index in [2.05, 4.69) is 55.3 Å². The second kappa shape index (κ2) is 4.85. The van der Waals surface area contributed by atoms with E-state index in [0.717, 1.165) is 19.4 Å². The van der Waals surface area contributed by atoms with Gasteiger partial charge in [-0.1, -0.05) is 43.3 Å². The van der Waals surface area contributed by atoms with Crippen molar-refractivity contribution in [3.63, 3.8) is 0 Å². The van der Waals surface area contributed by atoms with Gasteiger partial charge in [0.25, 0.3) is 0 Å². The second-order valence-electron chi connectivity index (χ2n) is 6.97. The highest BCUT2D eigenvalue weighted by Gasteiger charge is 2.51. The lowest BCUT2D eigenvalue weighted by molar-refractivity contribution is 0.0613. The summed E-state index contributed by atoms with van der Waals surface area (Å²) >= 11 is 0. The SMILES string of the molecule is C[C@H]1[C@@H]2Cc3ccc(O)cc3[C@@]1(c1ccccc1)CCN2C. The highest BCUT2D eigenvalue weighted by molar-refractivity contribution is 5.51. The Hall–Kier alpha value is -1.80. The molecule has 2 aromatic rings. The summed E-state index contributed by atoms with van der Waals surface area (Å²) in [5.74, 6) is 0.932. The van der Waals surface area contributed by atoms with E-state index in [0.29, 0.717) is 17.7 Å². The van der Waals surface area contributed by atoms with Crippen molar-refractivity contribution in [1.82, 2.24) is 4.90 Å². The number of phenolic OH excluding ortho intramolecular Hbond substituents is 1. The van der Waals surface area contributed by atoms with Crippen molar-refractivity contribution in [3.05, 3.63) is 65.2 Å². The zero-order chi connectivity index (χ0) is 15.3. The molecule has 1 aliphatic carbocycles. The number of benzene rings is 2. The molecule has 1 saturated heterocycles. The Bertz CT molecular complexity index is 696. The molecule has 2 aliphatic rings. The monoisotopic (exact) mass is 293 g/mol. The van der Waals surface area contributed by atoms with Gasteiger partial charge < -0.3 is 10.0 Å². The van der Waals surface area contributed by atoms with Crippen LogP contribution in [0.3, 0.4) is 0 Å². The van der Waals surface area contributed by atoms with Gasteiger partial charge in [-0.3, -0.25) is 0 Å². The van der Waals surface area contributed by atoms with E-state index in [1.165, 1.54) is 16.7 Å². The molecule has 2 heteroatoms. The Morgan fingerprint density at radius 3 is 2.68 bits per heavy atom. The lowest BCUT2D eigenvalue weighted by Gasteiger charge is -2.55. The van der Waals surface area contributed by atoms with Crippen LogP contribution in [0.15, 0.2) is 48.5 Å². The Labute approximate surface area is 132 Å². The van der Waals surface area contributed by atoms with Gasteiger partial charge >= 0.3 is 0 Å². The highest BCUT2D eigenvalue weighted by Crippen LogP contribution is 2.52. The van der Waals surface area contributed by atoms with Crippen LogP contribution in [0, 0.1) is 5.92 Å². The number of hydrogen-bond donors (Lipinski definition) is 1. The minimum absolute atomic E-state index is 0.0325. The van der Waals surface area contributed by atoms with Gasteiger partial charge in [0.1, 0.15) is 5.75 Å². The molecule has 1 aliphatic heterocycles. The number of fused-ring (bicyclic) bond motifs is 4. The average molecular weight is 293 g/mol. The van der Waals surface area contributed by atoms with Crippen LogP contribution in [0.5, 0.6) is 5.75 Å². The van der Waals surface area contributed by atoms with Crippen molar-refractivity contribution in [2.24, 2.45) is 5.92 Å². The van der Waals surface area contributed by atoms with Crippen LogP contribution in [0.25, 0.3) is 0 Å². The zero-order valence-electron chi connectivity index (χ0n) is 13.3. The third kappa shape index (κ3) is 1.77. The van der Waals surface area contributed by atoms with Gasteiger partial charge in [-0.25, -0.2) is 0 Å². The predicted octanol–water partition coefficient (Wildman–Crippen LogP) is 3.57. The first-order valence-corrected chi connectivity index (χ1v) is 8.21. The van der Waals surface area contributed by atoms with Crippen molar-refractivity contribution in [2.45, 2.75) is 31.2 Å². The molecule has 0 saturated carbocycles. The Morgan fingerprint density at radius 2 is 1.91 bits per heavy atom. The summed E-state index contributed by atoms with van der Waals surface area (Å²) in [6, 6.07) is 17.4. The van der Waals surface area contributed by atoms with Crippen LogP contribution in [0.4, 0.5) is 0 Å². The average Bonchev–Trinajstić information content (AvgIpc) is 2.53. The van der Waals surface area contributed by atoms with Crippen LogP contribution in [-0.4, -0.2) is 29.6 Å². The quantitative estimate of drug-likeness (QED) is 0.869. The van der Waals surface area contributed by atoms with Crippen molar-refractivity contribution in [1.29, 1.82) is 0 Å². The van der Waals surface area contributed by atoms with Gasteiger partial charge in [-0.15, -0.1) is 0 Å². The first-order valence-electron chi connectivity index (χ1n) is 8.21. The fourth-order valence-electron chi connectivity index (χ4n) is 4.85. The fraction of sp³-hybridized carbons (Fsp3) is 0.400. The first-order chi connectivity index (χ1) is 10.6. The Kier molecular flexibility index (Phi) is 3.05. The summed E-state index contributed by atoms with van der Waals surface area (Å²) in [5, 5.41) is 10.1. The molecule has 2 nitrogen and oxygen atoms in total.